The molecule has 0 aliphatic carbocycles. The number of hydrogen-bond acceptors (Lipinski definition) is 3. The molecule has 1 aliphatic rings. The number of likely N-dealkylation sites (tertiary alicyclic amines) is 1. The summed E-state index contributed by atoms with van der Waals surface area (Å²) in [6.45, 7) is 3.85. The first-order valence-electron chi connectivity index (χ1n) is 6.61. The highest BCUT2D eigenvalue weighted by Crippen LogP contribution is 2.34. The predicted molar refractivity (Wildman–Crippen MR) is 69.1 cm³/mol. The van der Waals surface area contributed by atoms with Crippen LogP contribution in [-0.2, 0) is 11.3 Å². The van der Waals surface area contributed by atoms with Gasteiger partial charge >= 0.3 is 5.97 Å². The lowest BCUT2D eigenvalue weighted by Crippen LogP contribution is -2.47. The van der Waals surface area contributed by atoms with Crippen LogP contribution in [0.4, 0.5) is 4.39 Å². The van der Waals surface area contributed by atoms with Crippen molar-refractivity contribution in [3.8, 4) is 0 Å². The number of aliphatic carboxylic acids is 1. The third-order valence-corrected chi connectivity index (χ3v) is 3.95. The number of pyridine rings is 1. The van der Waals surface area contributed by atoms with E-state index in [2.05, 4.69) is 9.88 Å². The Labute approximate surface area is 112 Å². The Morgan fingerprint density at radius 3 is 3.00 bits per heavy atom. The Morgan fingerprint density at radius 2 is 2.37 bits per heavy atom. The third-order valence-electron chi connectivity index (χ3n) is 3.95. The average Bonchev–Trinajstić information content (AvgIpc) is 2.38. The minimum atomic E-state index is -0.725. The highest BCUT2D eigenvalue weighted by molar-refractivity contribution is 5.75. The van der Waals surface area contributed by atoms with E-state index in [9.17, 15) is 14.3 Å². The second-order valence-electron chi connectivity index (χ2n) is 5.26. The van der Waals surface area contributed by atoms with E-state index in [4.69, 9.17) is 0 Å². The number of carbonyl (C=O) groups is 1. The number of rotatable bonds is 4. The van der Waals surface area contributed by atoms with E-state index in [0.717, 1.165) is 24.9 Å². The molecule has 0 spiro atoms. The van der Waals surface area contributed by atoms with Crippen molar-refractivity contribution < 1.29 is 14.3 Å². The first kappa shape index (κ1) is 13.9. The van der Waals surface area contributed by atoms with E-state index in [0.29, 0.717) is 19.5 Å². The zero-order chi connectivity index (χ0) is 13.9. The molecule has 0 amide bonds. The number of halogens is 1. The molecule has 0 saturated carbocycles. The maximum atomic E-state index is 13.1. The molecule has 1 saturated heterocycles. The molecule has 0 radical (unpaired) electrons. The Hall–Kier alpha value is -1.49. The van der Waals surface area contributed by atoms with Crippen LogP contribution in [0.15, 0.2) is 18.5 Å². The van der Waals surface area contributed by atoms with Crippen molar-refractivity contribution in [3.63, 3.8) is 0 Å². The van der Waals surface area contributed by atoms with Crippen molar-refractivity contribution in [1.82, 2.24) is 9.88 Å². The van der Waals surface area contributed by atoms with Gasteiger partial charge in [0.05, 0.1) is 11.6 Å². The molecule has 2 heterocycles. The molecule has 1 N–H and O–H groups in total. The van der Waals surface area contributed by atoms with Crippen molar-refractivity contribution >= 4 is 5.97 Å². The number of piperidine rings is 1. The quantitative estimate of drug-likeness (QED) is 0.908. The molecule has 1 aromatic heterocycles. The molecule has 19 heavy (non-hydrogen) atoms. The molecular formula is C14H19FN2O2. The second-order valence-corrected chi connectivity index (χ2v) is 5.26. The van der Waals surface area contributed by atoms with E-state index in [-0.39, 0.29) is 5.82 Å². The van der Waals surface area contributed by atoms with E-state index in [1.165, 1.54) is 12.3 Å². The fourth-order valence-corrected chi connectivity index (χ4v) is 2.78. The SMILES string of the molecule is CCC1(C(=O)O)CCCN(Cc2cncc(F)c2)C1. The summed E-state index contributed by atoms with van der Waals surface area (Å²) < 4.78 is 13.1. The molecule has 1 atom stereocenters. The normalized spacial score (nSPS) is 24.3. The zero-order valence-corrected chi connectivity index (χ0v) is 11.1. The summed E-state index contributed by atoms with van der Waals surface area (Å²) in [5.74, 6) is -1.08. The summed E-state index contributed by atoms with van der Waals surface area (Å²) in [6.07, 6.45) is 5.01. The fourth-order valence-electron chi connectivity index (χ4n) is 2.78. The number of carboxylic acids is 1. The van der Waals surface area contributed by atoms with Crippen molar-refractivity contribution in [1.29, 1.82) is 0 Å². The van der Waals surface area contributed by atoms with E-state index in [1.54, 1.807) is 6.20 Å². The van der Waals surface area contributed by atoms with Gasteiger partial charge in [0.2, 0.25) is 0 Å². The van der Waals surface area contributed by atoms with Crippen molar-refractivity contribution in [2.45, 2.75) is 32.7 Å². The molecule has 2 rings (SSSR count). The van der Waals surface area contributed by atoms with E-state index in [1.807, 2.05) is 6.92 Å². The summed E-state index contributed by atoms with van der Waals surface area (Å²) in [4.78, 5) is 17.4. The van der Waals surface area contributed by atoms with Crippen LogP contribution in [0.25, 0.3) is 0 Å². The van der Waals surface area contributed by atoms with Gasteiger partial charge in [-0.2, -0.15) is 0 Å². The zero-order valence-electron chi connectivity index (χ0n) is 11.1. The Bertz CT molecular complexity index is 467. The van der Waals surface area contributed by atoms with Gasteiger partial charge in [0.1, 0.15) is 5.82 Å². The van der Waals surface area contributed by atoms with Gasteiger partial charge in [-0.15, -0.1) is 0 Å². The molecule has 104 valence electrons. The van der Waals surface area contributed by atoms with Gasteiger partial charge in [0.25, 0.3) is 0 Å². The van der Waals surface area contributed by atoms with Crippen molar-refractivity contribution in [2.75, 3.05) is 13.1 Å². The van der Waals surface area contributed by atoms with Gasteiger partial charge in [0, 0.05) is 19.3 Å². The predicted octanol–water partition coefficient (Wildman–Crippen LogP) is 2.30. The van der Waals surface area contributed by atoms with Crippen molar-refractivity contribution in [3.05, 3.63) is 29.8 Å². The third kappa shape index (κ3) is 3.10. The maximum Gasteiger partial charge on any atom is 0.310 e. The van der Waals surface area contributed by atoms with E-state index >= 15 is 0 Å². The van der Waals surface area contributed by atoms with Gasteiger partial charge < -0.3 is 5.11 Å². The first-order valence-corrected chi connectivity index (χ1v) is 6.61. The molecule has 4 nitrogen and oxygen atoms in total. The summed E-state index contributed by atoms with van der Waals surface area (Å²) in [5, 5.41) is 9.42. The highest BCUT2D eigenvalue weighted by Gasteiger charge is 2.40. The van der Waals surface area contributed by atoms with Crippen LogP contribution in [0, 0.1) is 11.2 Å². The lowest BCUT2D eigenvalue weighted by atomic mass is 9.77. The van der Waals surface area contributed by atoms with Gasteiger partial charge in [0.15, 0.2) is 0 Å². The van der Waals surface area contributed by atoms with Crippen LogP contribution in [0.3, 0.4) is 0 Å². The second kappa shape index (κ2) is 5.65. The summed E-state index contributed by atoms with van der Waals surface area (Å²) in [6, 6.07) is 1.45. The number of hydrogen-bond donors (Lipinski definition) is 1. The molecule has 1 unspecified atom stereocenters. The molecule has 5 heteroatoms. The molecule has 0 bridgehead atoms. The molecule has 1 aromatic rings. The molecule has 1 fully saturated rings. The first-order chi connectivity index (χ1) is 9.05. The Morgan fingerprint density at radius 1 is 1.58 bits per heavy atom. The van der Waals surface area contributed by atoms with Crippen molar-refractivity contribution in [2.24, 2.45) is 5.41 Å². The number of aromatic nitrogens is 1. The Balaban J connectivity index is 2.07. The standard InChI is InChI=1S/C14H19FN2O2/c1-2-14(13(18)19)4-3-5-17(10-14)9-11-6-12(15)8-16-7-11/h6-8H,2-5,9-10H2,1H3,(H,18,19). The number of nitrogens with zero attached hydrogens (tertiary/aromatic N) is 2. The summed E-state index contributed by atoms with van der Waals surface area (Å²) in [5.41, 5.74) is 0.135. The van der Waals surface area contributed by atoms with Gasteiger partial charge in [-0.05, 0) is 37.4 Å². The number of carboxylic acid groups (broad SMARTS) is 1. The maximum absolute atomic E-state index is 13.1. The lowest BCUT2D eigenvalue weighted by Gasteiger charge is -2.39. The summed E-state index contributed by atoms with van der Waals surface area (Å²) >= 11 is 0. The van der Waals surface area contributed by atoms with Crippen LogP contribution in [0.5, 0.6) is 0 Å². The fraction of sp³-hybridized carbons (Fsp3) is 0.571. The van der Waals surface area contributed by atoms with Gasteiger partial charge in [-0.3, -0.25) is 14.7 Å². The summed E-state index contributed by atoms with van der Waals surface area (Å²) in [7, 11) is 0. The topological polar surface area (TPSA) is 53.4 Å². The molecule has 0 aromatic carbocycles. The smallest absolute Gasteiger partial charge is 0.310 e. The highest BCUT2D eigenvalue weighted by atomic mass is 19.1. The largest absolute Gasteiger partial charge is 0.481 e. The van der Waals surface area contributed by atoms with Gasteiger partial charge in [-0.25, -0.2) is 4.39 Å². The molecular weight excluding hydrogens is 247 g/mol. The average molecular weight is 266 g/mol. The van der Waals surface area contributed by atoms with Crippen LogP contribution < -0.4 is 0 Å². The van der Waals surface area contributed by atoms with E-state index < -0.39 is 11.4 Å². The lowest BCUT2D eigenvalue weighted by molar-refractivity contribution is -0.153. The Kier molecular flexibility index (Phi) is 4.14. The van der Waals surface area contributed by atoms with Crippen LogP contribution in [0.1, 0.15) is 31.7 Å². The minimum absolute atomic E-state index is 0.352. The van der Waals surface area contributed by atoms with Crippen LogP contribution in [-0.4, -0.2) is 34.0 Å². The van der Waals surface area contributed by atoms with Crippen LogP contribution in [0.2, 0.25) is 0 Å². The minimum Gasteiger partial charge on any atom is -0.481 e. The van der Waals surface area contributed by atoms with Gasteiger partial charge in [-0.1, -0.05) is 6.92 Å². The van der Waals surface area contributed by atoms with Crippen LogP contribution >= 0.6 is 0 Å². The molecule has 1 aliphatic heterocycles. The monoisotopic (exact) mass is 266 g/mol.